The van der Waals surface area contributed by atoms with Crippen LogP contribution < -0.4 is 4.74 Å². The molecule has 0 bridgehead atoms. The Labute approximate surface area is 117 Å². The van der Waals surface area contributed by atoms with Crippen molar-refractivity contribution in [3.8, 4) is 5.75 Å². The third kappa shape index (κ3) is 2.56. The summed E-state index contributed by atoms with van der Waals surface area (Å²) in [6.45, 7) is 0. The average Bonchev–Trinajstić information content (AvgIpc) is 2.87. The Balaban J connectivity index is 1.77. The molecule has 3 rings (SSSR count). The molecule has 2 aromatic rings. The number of aliphatic hydroxyl groups is 3. The topological polar surface area (TPSA) is 82.8 Å². The van der Waals surface area contributed by atoms with Gasteiger partial charge in [0, 0.05) is 5.75 Å². The van der Waals surface area contributed by atoms with E-state index in [2.05, 4.69) is 4.98 Å². The number of aliphatic hydroxyl groups excluding tert-OH is 3. The Morgan fingerprint density at radius 2 is 2.05 bits per heavy atom. The van der Waals surface area contributed by atoms with Gasteiger partial charge in [0.1, 0.15) is 18.0 Å². The Morgan fingerprint density at radius 1 is 1.21 bits per heavy atom. The van der Waals surface area contributed by atoms with Crippen LogP contribution in [0.2, 0.25) is 0 Å². The van der Waals surface area contributed by atoms with Crippen LogP contribution in [0.5, 0.6) is 5.75 Å². The van der Waals surface area contributed by atoms with Crippen molar-refractivity contribution in [1.82, 2.24) is 4.98 Å². The maximum absolute atomic E-state index is 9.88. The summed E-state index contributed by atoms with van der Waals surface area (Å²) >= 11 is 2.81. The Kier molecular flexibility index (Phi) is 3.64. The fourth-order valence-electron chi connectivity index (χ4n) is 1.93. The van der Waals surface area contributed by atoms with Crippen LogP contribution in [-0.2, 0) is 0 Å². The SMILES string of the molecule is O[C@@H]1[C@@H](O)[C@H](Oc2ccc3ncsc3c2)SC[C@H]1O. The lowest BCUT2D eigenvalue weighted by atomic mass is 10.1. The van der Waals surface area contributed by atoms with Crippen molar-refractivity contribution in [2.45, 2.75) is 23.7 Å². The number of nitrogens with zero attached hydrogens (tertiary/aromatic N) is 1. The van der Waals surface area contributed by atoms with Gasteiger partial charge in [0.15, 0.2) is 5.44 Å². The Morgan fingerprint density at radius 3 is 2.89 bits per heavy atom. The molecule has 0 amide bonds. The highest BCUT2D eigenvalue weighted by Crippen LogP contribution is 2.31. The number of hydrogen-bond donors (Lipinski definition) is 3. The first-order valence-corrected chi connectivity index (χ1v) is 7.74. The molecule has 0 unspecified atom stereocenters. The van der Waals surface area contributed by atoms with Gasteiger partial charge in [0.2, 0.25) is 0 Å². The van der Waals surface area contributed by atoms with Gasteiger partial charge in [0.25, 0.3) is 0 Å². The Hall–Kier alpha value is -0.860. The van der Waals surface area contributed by atoms with E-state index in [0.29, 0.717) is 11.5 Å². The number of aromatic nitrogens is 1. The maximum Gasteiger partial charge on any atom is 0.173 e. The van der Waals surface area contributed by atoms with Gasteiger partial charge in [-0.3, -0.25) is 0 Å². The molecule has 3 N–H and O–H groups in total. The lowest BCUT2D eigenvalue weighted by molar-refractivity contribution is -0.0785. The van der Waals surface area contributed by atoms with Crippen LogP contribution >= 0.6 is 23.1 Å². The van der Waals surface area contributed by atoms with Gasteiger partial charge in [-0.05, 0) is 18.2 Å². The fourth-order valence-corrected chi connectivity index (χ4v) is 3.75. The summed E-state index contributed by atoms with van der Waals surface area (Å²) in [4.78, 5) is 4.18. The van der Waals surface area contributed by atoms with Crippen LogP contribution in [-0.4, -0.2) is 49.8 Å². The highest BCUT2D eigenvalue weighted by Gasteiger charge is 2.38. The second-order valence-electron chi connectivity index (χ2n) is 4.35. The van der Waals surface area contributed by atoms with E-state index in [4.69, 9.17) is 4.74 Å². The van der Waals surface area contributed by atoms with Crippen LogP contribution in [0.15, 0.2) is 23.7 Å². The molecule has 1 aromatic carbocycles. The maximum atomic E-state index is 9.88. The summed E-state index contributed by atoms with van der Waals surface area (Å²) in [6, 6.07) is 5.50. The quantitative estimate of drug-likeness (QED) is 0.762. The molecule has 19 heavy (non-hydrogen) atoms. The Bertz CT molecular complexity index is 576. The minimum Gasteiger partial charge on any atom is -0.477 e. The summed E-state index contributed by atoms with van der Waals surface area (Å²) in [6.07, 6.45) is -3.19. The number of rotatable bonds is 2. The number of thioether (sulfide) groups is 1. The molecule has 1 aliphatic heterocycles. The zero-order chi connectivity index (χ0) is 13.4. The van der Waals surface area contributed by atoms with Gasteiger partial charge in [-0.25, -0.2) is 4.98 Å². The van der Waals surface area contributed by atoms with Crippen molar-refractivity contribution in [3.05, 3.63) is 23.7 Å². The number of hydrogen-bond acceptors (Lipinski definition) is 7. The molecule has 5 nitrogen and oxygen atoms in total. The summed E-state index contributed by atoms with van der Waals surface area (Å²) < 4.78 is 6.69. The van der Waals surface area contributed by atoms with Crippen molar-refractivity contribution in [3.63, 3.8) is 0 Å². The van der Waals surface area contributed by atoms with Gasteiger partial charge in [-0.15, -0.1) is 23.1 Å². The van der Waals surface area contributed by atoms with Crippen LogP contribution in [0, 0.1) is 0 Å². The van der Waals surface area contributed by atoms with Gasteiger partial charge < -0.3 is 20.1 Å². The minimum atomic E-state index is -1.17. The first kappa shape index (κ1) is 13.1. The molecule has 0 saturated carbocycles. The number of fused-ring (bicyclic) bond motifs is 1. The first-order valence-electron chi connectivity index (χ1n) is 5.81. The summed E-state index contributed by atoms with van der Waals surface area (Å²) in [5, 5.41) is 29.0. The van der Waals surface area contributed by atoms with Gasteiger partial charge in [-0.2, -0.15) is 0 Å². The van der Waals surface area contributed by atoms with Crippen LogP contribution in [0.1, 0.15) is 0 Å². The van der Waals surface area contributed by atoms with E-state index in [9.17, 15) is 15.3 Å². The number of benzene rings is 1. The van der Waals surface area contributed by atoms with Crippen molar-refractivity contribution in [1.29, 1.82) is 0 Å². The zero-order valence-electron chi connectivity index (χ0n) is 9.84. The van der Waals surface area contributed by atoms with Crippen molar-refractivity contribution < 1.29 is 20.1 Å². The lowest BCUT2D eigenvalue weighted by Gasteiger charge is -2.34. The van der Waals surface area contributed by atoms with Crippen molar-refractivity contribution in [2.24, 2.45) is 0 Å². The summed E-state index contributed by atoms with van der Waals surface area (Å²) in [5.74, 6) is 0.961. The predicted octanol–water partition coefficient (Wildman–Crippen LogP) is 0.831. The van der Waals surface area contributed by atoms with Gasteiger partial charge >= 0.3 is 0 Å². The third-order valence-electron chi connectivity index (χ3n) is 3.01. The van der Waals surface area contributed by atoms with Gasteiger partial charge in [0.05, 0.1) is 21.8 Å². The zero-order valence-corrected chi connectivity index (χ0v) is 11.5. The van der Waals surface area contributed by atoms with Crippen molar-refractivity contribution in [2.75, 3.05) is 5.75 Å². The monoisotopic (exact) mass is 299 g/mol. The highest BCUT2D eigenvalue weighted by molar-refractivity contribution is 7.99. The predicted molar refractivity (Wildman–Crippen MR) is 74.5 cm³/mol. The van der Waals surface area contributed by atoms with E-state index in [0.717, 1.165) is 10.2 Å². The highest BCUT2D eigenvalue weighted by atomic mass is 32.2. The first-order chi connectivity index (χ1) is 9.15. The molecule has 4 atom stereocenters. The van der Waals surface area contributed by atoms with E-state index >= 15 is 0 Å². The van der Waals surface area contributed by atoms with Gasteiger partial charge in [-0.1, -0.05) is 0 Å². The van der Waals surface area contributed by atoms with Crippen LogP contribution in [0.4, 0.5) is 0 Å². The fraction of sp³-hybridized carbons (Fsp3) is 0.417. The molecule has 1 saturated heterocycles. The second kappa shape index (κ2) is 5.26. The van der Waals surface area contributed by atoms with E-state index < -0.39 is 23.7 Å². The molecule has 1 aromatic heterocycles. The minimum absolute atomic E-state index is 0.339. The normalized spacial score (nSPS) is 31.5. The molecular formula is C12H13NO4S2. The molecule has 0 spiro atoms. The molecule has 7 heteroatoms. The molecule has 1 fully saturated rings. The van der Waals surface area contributed by atoms with Crippen LogP contribution in [0.3, 0.4) is 0 Å². The molecule has 0 radical (unpaired) electrons. The molecular weight excluding hydrogens is 286 g/mol. The van der Waals surface area contributed by atoms with E-state index in [1.54, 1.807) is 11.6 Å². The largest absolute Gasteiger partial charge is 0.477 e. The lowest BCUT2D eigenvalue weighted by Crippen LogP contribution is -2.50. The van der Waals surface area contributed by atoms with E-state index in [1.165, 1.54) is 23.1 Å². The smallest absolute Gasteiger partial charge is 0.173 e. The van der Waals surface area contributed by atoms with Crippen molar-refractivity contribution >= 4 is 33.3 Å². The van der Waals surface area contributed by atoms with Crippen LogP contribution in [0.25, 0.3) is 10.2 Å². The third-order valence-corrected chi connectivity index (χ3v) is 5.04. The standard InChI is InChI=1S/C12H13NO4S2/c14-8-4-18-12(11(16)10(8)15)17-6-1-2-7-9(3-6)19-5-13-7/h1-3,5,8,10-12,14-16H,4H2/t8-,10+,11-,12-/m1/s1. The molecule has 1 aliphatic rings. The van der Waals surface area contributed by atoms with E-state index in [1.807, 2.05) is 12.1 Å². The molecule has 102 valence electrons. The molecule has 2 heterocycles. The average molecular weight is 299 g/mol. The van der Waals surface area contributed by atoms with E-state index in [-0.39, 0.29) is 0 Å². The number of thiazole rings is 1. The molecule has 0 aliphatic carbocycles. The number of ether oxygens (including phenoxy) is 1. The summed E-state index contributed by atoms with van der Waals surface area (Å²) in [5.41, 5.74) is 2.09. The second-order valence-corrected chi connectivity index (χ2v) is 6.37. The summed E-state index contributed by atoms with van der Waals surface area (Å²) in [7, 11) is 0.